The molecular weight excluding hydrogens is 353 g/mol. The van der Waals surface area contributed by atoms with Gasteiger partial charge in [0.1, 0.15) is 11.9 Å². The summed E-state index contributed by atoms with van der Waals surface area (Å²) in [6, 6.07) is 7.00. The van der Waals surface area contributed by atoms with Crippen LogP contribution < -0.4 is 4.74 Å². The van der Waals surface area contributed by atoms with Crippen molar-refractivity contribution in [3.63, 3.8) is 0 Å². The molecule has 0 spiro atoms. The Morgan fingerprint density at radius 1 is 1.14 bits per heavy atom. The minimum absolute atomic E-state index is 0.0188. The summed E-state index contributed by atoms with van der Waals surface area (Å²) in [6.07, 6.45) is 10.2. The van der Waals surface area contributed by atoms with E-state index in [4.69, 9.17) is 4.74 Å². The topological polar surface area (TPSA) is 30.3 Å². The highest BCUT2D eigenvalue weighted by Crippen LogP contribution is 2.44. The van der Waals surface area contributed by atoms with Gasteiger partial charge < -0.3 is 14.2 Å². The maximum absolute atomic E-state index is 14.3. The number of likely N-dealkylation sites (tertiary alicyclic amines) is 1. The molecule has 0 bridgehead atoms. The Labute approximate surface area is 166 Å². The van der Waals surface area contributed by atoms with Gasteiger partial charge in [-0.05, 0) is 62.5 Å². The number of aryl methyl sites for hydroxylation is 1. The largest absolute Gasteiger partial charge is 0.485 e. The third-order valence-corrected chi connectivity index (χ3v) is 7.24. The zero-order valence-corrected chi connectivity index (χ0v) is 16.6. The first kappa shape index (κ1) is 18.2. The second-order valence-electron chi connectivity index (χ2n) is 9.04. The van der Waals surface area contributed by atoms with Crippen LogP contribution in [0.3, 0.4) is 0 Å². The number of nitrogens with zero attached hydrogens (tertiary/aromatic N) is 3. The molecule has 5 heteroatoms. The number of hydrogen-bond donors (Lipinski definition) is 0. The van der Waals surface area contributed by atoms with Crippen molar-refractivity contribution in [2.24, 2.45) is 17.8 Å². The number of fused-ring (bicyclic) bond motifs is 1. The zero-order valence-electron chi connectivity index (χ0n) is 16.6. The van der Waals surface area contributed by atoms with Gasteiger partial charge in [0.15, 0.2) is 11.6 Å². The van der Waals surface area contributed by atoms with Crippen molar-refractivity contribution >= 4 is 0 Å². The molecule has 0 radical (unpaired) electrons. The van der Waals surface area contributed by atoms with Gasteiger partial charge in [-0.25, -0.2) is 9.37 Å². The lowest BCUT2D eigenvalue weighted by Crippen LogP contribution is -2.40. The molecule has 3 fully saturated rings. The van der Waals surface area contributed by atoms with Gasteiger partial charge in [0.05, 0.1) is 6.04 Å². The van der Waals surface area contributed by atoms with E-state index < -0.39 is 0 Å². The second kappa shape index (κ2) is 7.51. The number of aromatic nitrogens is 2. The van der Waals surface area contributed by atoms with E-state index in [0.717, 1.165) is 24.6 Å². The van der Waals surface area contributed by atoms with E-state index in [9.17, 15) is 4.39 Å². The first-order valence-corrected chi connectivity index (χ1v) is 10.8. The van der Waals surface area contributed by atoms with E-state index in [0.29, 0.717) is 17.6 Å². The van der Waals surface area contributed by atoms with Gasteiger partial charge in [0.25, 0.3) is 0 Å². The van der Waals surface area contributed by atoms with Crippen LogP contribution in [-0.4, -0.2) is 40.2 Å². The number of halogens is 1. The smallest absolute Gasteiger partial charge is 0.165 e. The van der Waals surface area contributed by atoms with Crippen molar-refractivity contribution in [3.05, 3.63) is 48.3 Å². The number of imidazole rings is 1. The fourth-order valence-electron chi connectivity index (χ4n) is 5.54. The lowest BCUT2D eigenvalue weighted by Gasteiger charge is -2.39. The fraction of sp³-hybridized carbons (Fsp3) is 0.609. The van der Waals surface area contributed by atoms with Gasteiger partial charge in [-0.2, -0.15) is 0 Å². The summed E-state index contributed by atoms with van der Waals surface area (Å²) in [4.78, 5) is 7.12. The molecule has 0 amide bonds. The summed E-state index contributed by atoms with van der Waals surface area (Å²) in [5.41, 5.74) is 0. The van der Waals surface area contributed by atoms with E-state index in [-0.39, 0.29) is 18.0 Å². The first-order chi connectivity index (χ1) is 13.7. The number of benzene rings is 1. The van der Waals surface area contributed by atoms with Gasteiger partial charge in [0.2, 0.25) is 0 Å². The van der Waals surface area contributed by atoms with Gasteiger partial charge in [-0.1, -0.05) is 18.6 Å². The van der Waals surface area contributed by atoms with E-state index in [1.807, 2.05) is 19.2 Å². The predicted molar refractivity (Wildman–Crippen MR) is 107 cm³/mol. The lowest BCUT2D eigenvalue weighted by atomic mass is 9.77. The SMILES string of the molecule is Cc1nccn1[C@H]1C[C@H]2CN(CC3CCC3)C[C@H]2C[C@@H]1Oc1ccccc1F. The van der Waals surface area contributed by atoms with Crippen LogP contribution in [-0.2, 0) is 0 Å². The molecule has 2 aliphatic carbocycles. The zero-order chi connectivity index (χ0) is 19.1. The molecule has 1 aromatic carbocycles. The van der Waals surface area contributed by atoms with E-state index in [1.165, 1.54) is 45.0 Å². The van der Waals surface area contributed by atoms with Crippen molar-refractivity contribution in [2.75, 3.05) is 19.6 Å². The Kier molecular flexibility index (Phi) is 4.87. The molecule has 2 heterocycles. The highest BCUT2D eigenvalue weighted by Gasteiger charge is 2.44. The van der Waals surface area contributed by atoms with Gasteiger partial charge in [-0.3, -0.25) is 0 Å². The van der Waals surface area contributed by atoms with Crippen molar-refractivity contribution in [1.29, 1.82) is 0 Å². The molecule has 28 heavy (non-hydrogen) atoms. The summed E-state index contributed by atoms with van der Waals surface area (Å²) >= 11 is 0. The van der Waals surface area contributed by atoms with Crippen LogP contribution in [0.4, 0.5) is 4.39 Å². The van der Waals surface area contributed by atoms with Crippen LogP contribution >= 0.6 is 0 Å². The average molecular weight is 384 g/mol. The summed E-state index contributed by atoms with van der Waals surface area (Å²) in [5.74, 6) is 3.37. The molecule has 2 aromatic rings. The number of para-hydroxylation sites is 1. The summed E-state index contributed by atoms with van der Waals surface area (Å²) in [6.45, 7) is 5.69. The molecule has 5 rings (SSSR count). The van der Waals surface area contributed by atoms with Crippen LogP contribution in [0.5, 0.6) is 5.75 Å². The van der Waals surface area contributed by atoms with Crippen molar-refractivity contribution < 1.29 is 9.13 Å². The van der Waals surface area contributed by atoms with Gasteiger partial charge in [0, 0.05) is 32.0 Å². The monoisotopic (exact) mass is 383 g/mol. The normalized spacial score (nSPS) is 30.8. The van der Waals surface area contributed by atoms with Crippen LogP contribution in [0, 0.1) is 30.5 Å². The summed E-state index contributed by atoms with van der Waals surface area (Å²) in [7, 11) is 0. The highest BCUT2D eigenvalue weighted by molar-refractivity contribution is 5.24. The molecule has 1 saturated heterocycles. The summed E-state index contributed by atoms with van der Waals surface area (Å²) in [5, 5.41) is 0. The Morgan fingerprint density at radius 3 is 2.61 bits per heavy atom. The standard InChI is InChI=1S/C23H30FN3O/c1-16-25-9-10-27(16)21-11-18-14-26(13-17-5-4-6-17)15-19(18)12-23(21)28-22-8-3-2-7-20(22)24/h2-3,7-10,17-19,21,23H,4-6,11-15H2,1H3/t18-,19+,21-,23-/m0/s1. The van der Waals surface area contributed by atoms with Gasteiger partial charge in [-0.15, -0.1) is 0 Å². The molecule has 0 unspecified atom stereocenters. The van der Waals surface area contributed by atoms with E-state index in [1.54, 1.807) is 12.1 Å². The van der Waals surface area contributed by atoms with Crippen molar-refractivity contribution in [3.8, 4) is 5.75 Å². The molecule has 2 saturated carbocycles. The highest BCUT2D eigenvalue weighted by atomic mass is 19.1. The molecule has 1 aliphatic heterocycles. The number of ether oxygens (including phenoxy) is 1. The van der Waals surface area contributed by atoms with Crippen LogP contribution in [0.25, 0.3) is 0 Å². The first-order valence-electron chi connectivity index (χ1n) is 10.8. The minimum atomic E-state index is -0.274. The predicted octanol–water partition coefficient (Wildman–Crippen LogP) is 4.46. The number of rotatable bonds is 5. The Balaban J connectivity index is 1.36. The Hall–Kier alpha value is -1.88. The van der Waals surface area contributed by atoms with E-state index in [2.05, 4.69) is 20.6 Å². The molecule has 0 N–H and O–H groups in total. The molecule has 150 valence electrons. The van der Waals surface area contributed by atoms with Gasteiger partial charge >= 0.3 is 0 Å². The third-order valence-electron chi connectivity index (χ3n) is 7.24. The fourth-order valence-corrected chi connectivity index (χ4v) is 5.54. The second-order valence-corrected chi connectivity index (χ2v) is 9.04. The lowest BCUT2D eigenvalue weighted by molar-refractivity contribution is 0.0509. The van der Waals surface area contributed by atoms with Crippen LogP contribution in [0.2, 0.25) is 0 Å². The number of hydrogen-bond acceptors (Lipinski definition) is 3. The van der Waals surface area contributed by atoms with Crippen molar-refractivity contribution in [2.45, 2.75) is 51.2 Å². The van der Waals surface area contributed by atoms with Crippen LogP contribution in [0.15, 0.2) is 36.7 Å². The molecule has 3 aliphatic rings. The van der Waals surface area contributed by atoms with Crippen LogP contribution in [0.1, 0.15) is 44.0 Å². The maximum atomic E-state index is 14.3. The van der Waals surface area contributed by atoms with Crippen molar-refractivity contribution in [1.82, 2.24) is 14.5 Å². The molecule has 1 aromatic heterocycles. The third kappa shape index (κ3) is 3.45. The van der Waals surface area contributed by atoms with E-state index >= 15 is 0 Å². The average Bonchev–Trinajstić information content (AvgIpc) is 3.24. The summed E-state index contributed by atoms with van der Waals surface area (Å²) < 4.78 is 22.8. The molecular formula is C23H30FN3O. The molecule has 4 nitrogen and oxygen atoms in total. The minimum Gasteiger partial charge on any atom is -0.485 e. The molecule has 4 atom stereocenters. The Morgan fingerprint density at radius 2 is 1.93 bits per heavy atom. The quantitative estimate of drug-likeness (QED) is 0.764. The Bertz CT molecular complexity index is 818. The maximum Gasteiger partial charge on any atom is 0.165 e.